The highest BCUT2D eigenvalue weighted by Crippen LogP contribution is 2.45. The Morgan fingerprint density at radius 1 is 0.947 bits per heavy atom. The standard InChI is InChI=1S/C28H28BrNO8/c1-34-18-10-8-16(23(13-18)36-3)15-30-21-11-9-17(29)12-20(21)26(38-24(28(30)33)14-25(31)32)19-6-5-7-22(35-2)27(19)37-4/h5-13,24,26H,14-15H2,1-4H3,(H,31,32)/t24-,26-/m1/s1. The molecule has 1 aliphatic rings. The summed E-state index contributed by atoms with van der Waals surface area (Å²) in [6.07, 6.45) is -2.63. The van der Waals surface area contributed by atoms with Gasteiger partial charge in [0.05, 0.1) is 47.1 Å². The fourth-order valence-electron chi connectivity index (χ4n) is 4.54. The minimum Gasteiger partial charge on any atom is -0.497 e. The third-order valence-corrected chi connectivity index (χ3v) is 6.80. The van der Waals surface area contributed by atoms with Gasteiger partial charge in [-0.25, -0.2) is 0 Å². The number of carbonyl (C=O) groups is 2. The number of fused-ring (bicyclic) bond motifs is 1. The molecule has 10 heteroatoms. The number of nitrogens with zero attached hydrogens (tertiary/aromatic N) is 1. The van der Waals surface area contributed by atoms with Gasteiger partial charge < -0.3 is 33.7 Å². The second-order valence-electron chi connectivity index (χ2n) is 8.49. The molecule has 0 fully saturated rings. The van der Waals surface area contributed by atoms with E-state index < -0.39 is 30.5 Å². The van der Waals surface area contributed by atoms with E-state index in [2.05, 4.69) is 15.9 Å². The summed E-state index contributed by atoms with van der Waals surface area (Å²) in [6, 6.07) is 16.1. The van der Waals surface area contributed by atoms with E-state index in [0.29, 0.717) is 45.4 Å². The number of carboxylic acids is 1. The summed E-state index contributed by atoms with van der Waals surface area (Å²) in [7, 11) is 6.14. The first-order valence-corrected chi connectivity index (χ1v) is 12.5. The number of benzene rings is 3. The molecule has 0 saturated heterocycles. The highest BCUT2D eigenvalue weighted by molar-refractivity contribution is 9.10. The molecule has 9 nitrogen and oxygen atoms in total. The zero-order valence-corrected chi connectivity index (χ0v) is 23.0. The van der Waals surface area contributed by atoms with Gasteiger partial charge in [0.25, 0.3) is 5.91 Å². The van der Waals surface area contributed by atoms with Crippen LogP contribution in [0.25, 0.3) is 0 Å². The Bertz CT molecular complexity index is 1340. The van der Waals surface area contributed by atoms with E-state index in [1.165, 1.54) is 26.2 Å². The molecule has 1 aliphatic heterocycles. The summed E-state index contributed by atoms with van der Waals surface area (Å²) >= 11 is 3.53. The Kier molecular flexibility index (Phi) is 8.43. The van der Waals surface area contributed by atoms with Crippen LogP contribution in [0.15, 0.2) is 59.1 Å². The van der Waals surface area contributed by atoms with E-state index in [9.17, 15) is 14.7 Å². The van der Waals surface area contributed by atoms with Crippen LogP contribution >= 0.6 is 15.9 Å². The maximum Gasteiger partial charge on any atom is 0.306 e. The van der Waals surface area contributed by atoms with Crippen LogP contribution in [-0.2, 0) is 20.9 Å². The minimum absolute atomic E-state index is 0.113. The number of ether oxygens (including phenoxy) is 5. The molecule has 3 aromatic carbocycles. The number of carbonyl (C=O) groups excluding carboxylic acids is 1. The minimum atomic E-state index is -1.27. The number of methoxy groups -OCH3 is 4. The fraction of sp³-hybridized carbons (Fsp3) is 0.286. The Morgan fingerprint density at radius 2 is 1.71 bits per heavy atom. The number of carboxylic acid groups (broad SMARTS) is 1. The van der Waals surface area contributed by atoms with Gasteiger partial charge in [-0.2, -0.15) is 0 Å². The third kappa shape index (κ3) is 5.41. The smallest absolute Gasteiger partial charge is 0.306 e. The third-order valence-electron chi connectivity index (χ3n) is 6.30. The fourth-order valence-corrected chi connectivity index (χ4v) is 4.92. The van der Waals surface area contributed by atoms with Crippen molar-refractivity contribution >= 4 is 33.5 Å². The van der Waals surface area contributed by atoms with E-state index in [1.54, 1.807) is 43.5 Å². The Labute approximate surface area is 229 Å². The van der Waals surface area contributed by atoms with Crippen molar-refractivity contribution in [3.8, 4) is 23.0 Å². The zero-order chi connectivity index (χ0) is 27.4. The van der Waals surface area contributed by atoms with Gasteiger partial charge in [-0.1, -0.05) is 28.1 Å². The molecule has 4 rings (SSSR count). The van der Waals surface area contributed by atoms with Gasteiger partial charge in [0.1, 0.15) is 23.7 Å². The lowest BCUT2D eigenvalue weighted by atomic mass is 9.97. The average molecular weight is 586 g/mol. The first kappa shape index (κ1) is 27.3. The van der Waals surface area contributed by atoms with Crippen molar-refractivity contribution in [2.24, 2.45) is 0 Å². The van der Waals surface area contributed by atoms with Crippen molar-refractivity contribution in [3.05, 3.63) is 75.8 Å². The number of aliphatic carboxylic acids is 1. The van der Waals surface area contributed by atoms with Crippen LogP contribution in [0, 0.1) is 0 Å². The molecular weight excluding hydrogens is 558 g/mol. The van der Waals surface area contributed by atoms with Crippen molar-refractivity contribution in [2.75, 3.05) is 33.3 Å². The molecule has 1 N–H and O–H groups in total. The van der Waals surface area contributed by atoms with Gasteiger partial charge in [-0.3, -0.25) is 9.59 Å². The van der Waals surface area contributed by atoms with E-state index in [4.69, 9.17) is 23.7 Å². The molecule has 2 atom stereocenters. The number of hydrogen-bond donors (Lipinski definition) is 1. The van der Waals surface area contributed by atoms with Crippen molar-refractivity contribution < 1.29 is 38.4 Å². The van der Waals surface area contributed by atoms with Gasteiger partial charge >= 0.3 is 5.97 Å². The molecule has 0 radical (unpaired) electrons. The molecule has 1 heterocycles. The van der Waals surface area contributed by atoms with Crippen molar-refractivity contribution in [2.45, 2.75) is 25.2 Å². The van der Waals surface area contributed by atoms with E-state index in [1.807, 2.05) is 18.2 Å². The van der Waals surface area contributed by atoms with Crippen LogP contribution < -0.4 is 23.8 Å². The zero-order valence-electron chi connectivity index (χ0n) is 21.4. The highest BCUT2D eigenvalue weighted by Gasteiger charge is 2.39. The predicted octanol–water partition coefficient (Wildman–Crippen LogP) is 4.98. The molecule has 3 aromatic rings. The molecule has 38 heavy (non-hydrogen) atoms. The molecule has 0 bridgehead atoms. The first-order valence-electron chi connectivity index (χ1n) is 11.7. The number of para-hydroxylation sites is 1. The molecule has 0 unspecified atom stereocenters. The number of amides is 1. The van der Waals surface area contributed by atoms with Crippen molar-refractivity contribution in [3.63, 3.8) is 0 Å². The largest absolute Gasteiger partial charge is 0.497 e. The predicted molar refractivity (Wildman–Crippen MR) is 143 cm³/mol. The Morgan fingerprint density at radius 3 is 2.37 bits per heavy atom. The molecule has 0 saturated carbocycles. The summed E-state index contributed by atoms with van der Waals surface area (Å²) < 4.78 is 29.1. The van der Waals surface area contributed by atoms with Crippen LogP contribution in [0.4, 0.5) is 5.69 Å². The maximum absolute atomic E-state index is 13.9. The topological polar surface area (TPSA) is 104 Å². The lowest BCUT2D eigenvalue weighted by Crippen LogP contribution is -2.40. The number of rotatable bonds is 9. The molecule has 200 valence electrons. The summed E-state index contributed by atoms with van der Waals surface area (Å²) in [5, 5.41) is 9.66. The van der Waals surface area contributed by atoms with Gasteiger partial charge in [0.2, 0.25) is 0 Å². The van der Waals surface area contributed by atoms with Crippen LogP contribution in [0.3, 0.4) is 0 Å². The molecule has 0 aromatic heterocycles. The normalized spacial score (nSPS) is 16.9. The number of hydrogen-bond acceptors (Lipinski definition) is 7. The molecule has 1 amide bonds. The SMILES string of the molecule is COc1ccc(CN2C(=O)[C@@H](CC(=O)O)O[C@H](c3cccc(OC)c3OC)c3cc(Br)ccc32)c(OC)c1. The van der Waals surface area contributed by atoms with Crippen LogP contribution in [0.2, 0.25) is 0 Å². The first-order chi connectivity index (χ1) is 18.3. The van der Waals surface area contributed by atoms with Crippen LogP contribution in [0.5, 0.6) is 23.0 Å². The number of anilines is 1. The van der Waals surface area contributed by atoms with E-state index >= 15 is 0 Å². The molecule has 0 aliphatic carbocycles. The summed E-state index contributed by atoms with van der Waals surface area (Å²) in [6.45, 7) is 0.113. The number of halogens is 1. The van der Waals surface area contributed by atoms with E-state index in [-0.39, 0.29) is 6.54 Å². The quantitative estimate of drug-likeness (QED) is 0.375. The van der Waals surface area contributed by atoms with Crippen molar-refractivity contribution in [1.82, 2.24) is 0 Å². The summed E-state index contributed by atoms with van der Waals surface area (Å²) in [4.78, 5) is 27.3. The van der Waals surface area contributed by atoms with Crippen LogP contribution in [-0.4, -0.2) is 51.5 Å². The molecule has 0 spiro atoms. The van der Waals surface area contributed by atoms with Gasteiger partial charge in [0, 0.05) is 27.2 Å². The second kappa shape index (κ2) is 11.7. The Hall–Kier alpha value is -3.76. The highest BCUT2D eigenvalue weighted by atomic mass is 79.9. The summed E-state index contributed by atoms with van der Waals surface area (Å²) in [5.74, 6) is 0.399. The van der Waals surface area contributed by atoms with E-state index in [0.717, 1.165) is 4.47 Å². The lowest BCUT2D eigenvalue weighted by molar-refractivity contribution is -0.147. The average Bonchev–Trinajstić information content (AvgIpc) is 3.02. The van der Waals surface area contributed by atoms with Gasteiger partial charge in [-0.15, -0.1) is 0 Å². The van der Waals surface area contributed by atoms with Gasteiger partial charge in [-0.05, 0) is 36.4 Å². The lowest BCUT2D eigenvalue weighted by Gasteiger charge is -2.26. The van der Waals surface area contributed by atoms with Crippen LogP contribution in [0.1, 0.15) is 29.2 Å². The molecular formula is C28H28BrNO8. The summed E-state index contributed by atoms with van der Waals surface area (Å²) in [5.41, 5.74) is 2.53. The maximum atomic E-state index is 13.9. The monoisotopic (exact) mass is 585 g/mol. The van der Waals surface area contributed by atoms with Crippen molar-refractivity contribution in [1.29, 1.82) is 0 Å². The Balaban J connectivity index is 1.91. The van der Waals surface area contributed by atoms with Gasteiger partial charge in [0.15, 0.2) is 11.5 Å². The second-order valence-corrected chi connectivity index (χ2v) is 9.41.